The van der Waals surface area contributed by atoms with Crippen LogP contribution in [0.3, 0.4) is 0 Å². The zero-order valence-electron chi connectivity index (χ0n) is 18.3. The molecule has 1 N–H and O–H groups in total. The van der Waals surface area contributed by atoms with Gasteiger partial charge in [-0.15, -0.1) is 0 Å². The Balaban J connectivity index is 1.62. The first-order chi connectivity index (χ1) is 14.9. The number of rotatable bonds is 9. The van der Waals surface area contributed by atoms with Crippen LogP contribution in [0.15, 0.2) is 48.5 Å². The molecule has 1 saturated heterocycles. The summed E-state index contributed by atoms with van der Waals surface area (Å²) in [5.74, 6) is -0.187. The van der Waals surface area contributed by atoms with Gasteiger partial charge < -0.3 is 10.1 Å². The number of nitrogens with one attached hydrogen (secondary N) is 1. The summed E-state index contributed by atoms with van der Waals surface area (Å²) in [6, 6.07) is 13.9. The average Bonchev–Trinajstić information content (AvgIpc) is 3.06. The number of amides is 3. The molecule has 7 nitrogen and oxygen atoms in total. The number of nitrogens with zero attached hydrogens (tertiary/aromatic N) is 2. The Kier molecular flexibility index (Phi) is 7.41. The van der Waals surface area contributed by atoms with Crippen LogP contribution in [0.4, 0.5) is 11.4 Å². The molecule has 0 saturated carbocycles. The van der Waals surface area contributed by atoms with Gasteiger partial charge in [0, 0.05) is 11.8 Å². The van der Waals surface area contributed by atoms with Crippen molar-refractivity contribution in [2.45, 2.75) is 38.6 Å². The van der Waals surface area contributed by atoms with Crippen molar-refractivity contribution in [3.8, 4) is 5.75 Å². The molecular formula is C24H29N3O4. The molecule has 31 heavy (non-hydrogen) atoms. The van der Waals surface area contributed by atoms with Gasteiger partial charge in [-0.25, -0.2) is 4.90 Å². The van der Waals surface area contributed by atoms with Crippen LogP contribution in [0.2, 0.25) is 0 Å². The lowest BCUT2D eigenvalue weighted by Crippen LogP contribution is -2.43. The maximum atomic E-state index is 13.0. The summed E-state index contributed by atoms with van der Waals surface area (Å²) in [4.78, 5) is 40.8. The van der Waals surface area contributed by atoms with E-state index in [9.17, 15) is 14.4 Å². The van der Waals surface area contributed by atoms with Crippen LogP contribution in [0.1, 0.15) is 31.7 Å². The van der Waals surface area contributed by atoms with Gasteiger partial charge in [0.15, 0.2) is 0 Å². The third-order valence-corrected chi connectivity index (χ3v) is 5.41. The molecule has 2 aromatic carbocycles. The first kappa shape index (κ1) is 22.5. The van der Waals surface area contributed by atoms with Crippen molar-refractivity contribution in [2.24, 2.45) is 0 Å². The van der Waals surface area contributed by atoms with Crippen LogP contribution >= 0.6 is 0 Å². The largest absolute Gasteiger partial charge is 0.497 e. The fourth-order valence-electron chi connectivity index (χ4n) is 3.66. The first-order valence-electron chi connectivity index (χ1n) is 10.5. The molecule has 3 amide bonds. The second-order valence-corrected chi connectivity index (χ2v) is 7.75. The second kappa shape index (κ2) is 10.2. The third-order valence-electron chi connectivity index (χ3n) is 5.41. The Morgan fingerprint density at radius 1 is 1.19 bits per heavy atom. The number of imide groups is 1. The SMILES string of the molecule is CCCCc1ccc(N2C(=O)C[C@@H](N(C)CC(=O)Nc3cccc(OC)c3)C2=O)cc1. The Morgan fingerprint density at radius 3 is 2.61 bits per heavy atom. The predicted octanol–water partition coefficient (Wildman–Crippen LogP) is 3.24. The molecular weight excluding hydrogens is 394 g/mol. The van der Waals surface area contributed by atoms with Gasteiger partial charge in [0.05, 0.1) is 31.8 Å². The molecule has 1 aliphatic rings. The highest BCUT2D eigenvalue weighted by atomic mass is 16.5. The van der Waals surface area contributed by atoms with Gasteiger partial charge in [-0.1, -0.05) is 31.5 Å². The summed E-state index contributed by atoms with van der Waals surface area (Å²) in [5.41, 5.74) is 2.37. The third kappa shape index (κ3) is 5.49. The number of unbranched alkanes of at least 4 members (excludes halogenated alkanes) is 1. The van der Waals surface area contributed by atoms with E-state index in [-0.39, 0.29) is 30.7 Å². The molecule has 7 heteroatoms. The van der Waals surface area contributed by atoms with Crippen LogP contribution in [0.25, 0.3) is 0 Å². The maximum Gasteiger partial charge on any atom is 0.251 e. The van der Waals surface area contributed by atoms with Gasteiger partial charge in [0.2, 0.25) is 11.8 Å². The van der Waals surface area contributed by atoms with Crippen molar-refractivity contribution < 1.29 is 19.1 Å². The molecule has 0 spiro atoms. The van der Waals surface area contributed by atoms with E-state index in [1.54, 1.807) is 43.3 Å². The molecule has 0 radical (unpaired) electrons. The Hall–Kier alpha value is -3.19. The van der Waals surface area contributed by atoms with Gasteiger partial charge in [-0.3, -0.25) is 19.3 Å². The number of carbonyl (C=O) groups excluding carboxylic acids is 3. The van der Waals surface area contributed by atoms with Gasteiger partial charge in [0.1, 0.15) is 5.75 Å². The van der Waals surface area contributed by atoms with Crippen LogP contribution < -0.4 is 15.0 Å². The fourth-order valence-corrected chi connectivity index (χ4v) is 3.66. The van der Waals surface area contributed by atoms with Crippen LogP contribution in [-0.2, 0) is 20.8 Å². The van der Waals surface area contributed by atoms with Crippen LogP contribution in [0.5, 0.6) is 5.75 Å². The number of likely N-dealkylation sites (N-methyl/N-ethyl adjacent to an activating group) is 1. The molecule has 0 bridgehead atoms. The fraction of sp³-hybridized carbons (Fsp3) is 0.375. The number of aryl methyl sites for hydroxylation is 1. The van der Waals surface area contributed by atoms with Gasteiger partial charge in [0.25, 0.3) is 5.91 Å². The van der Waals surface area contributed by atoms with Crippen molar-refractivity contribution in [1.82, 2.24) is 4.90 Å². The number of hydrogen-bond acceptors (Lipinski definition) is 5. The van der Waals surface area contributed by atoms with E-state index >= 15 is 0 Å². The Bertz CT molecular complexity index is 942. The van der Waals surface area contributed by atoms with E-state index in [1.165, 1.54) is 10.5 Å². The monoisotopic (exact) mass is 423 g/mol. The van der Waals surface area contributed by atoms with Crippen LogP contribution in [-0.4, -0.2) is 49.4 Å². The van der Waals surface area contributed by atoms with Crippen molar-refractivity contribution in [3.05, 3.63) is 54.1 Å². The molecule has 3 rings (SSSR count). The molecule has 1 fully saturated rings. The number of methoxy groups -OCH3 is 1. The van der Waals surface area contributed by atoms with E-state index in [0.29, 0.717) is 17.1 Å². The maximum absolute atomic E-state index is 13.0. The normalized spacial score (nSPS) is 16.1. The number of benzene rings is 2. The highest BCUT2D eigenvalue weighted by Gasteiger charge is 2.42. The van der Waals surface area contributed by atoms with E-state index in [1.807, 2.05) is 24.3 Å². The summed E-state index contributed by atoms with van der Waals surface area (Å²) >= 11 is 0. The quantitative estimate of drug-likeness (QED) is 0.627. The number of hydrogen-bond donors (Lipinski definition) is 1. The Labute approximate surface area is 183 Å². The van der Waals surface area contributed by atoms with Crippen molar-refractivity contribution in [2.75, 3.05) is 30.9 Å². The van der Waals surface area contributed by atoms with E-state index in [2.05, 4.69) is 12.2 Å². The summed E-state index contributed by atoms with van der Waals surface area (Å²) in [5, 5.41) is 2.79. The lowest BCUT2D eigenvalue weighted by molar-refractivity contribution is -0.123. The molecule has 0 unspecified atom stereocenters. The molecule has 1 aliphatic heterocycles. The summed E-state index contributed by atoms with van der Waals surface area (Å²) < 4.78 is 5.16. The molecule has 0 aliphatic carbocycles. The van der Waals surface area contributed by atoms with Gasteiger partial charge in [-0.05, 0) is 49.7 Å². The number of carbonyl (C=O) groups is 3. The van der Waals surface area contributed by atoms with Gasteiger partial charge >= 0.3 is 0 Å². The van der Waals surface area contributed by atoms with E-state index < -0.39 is 6.04 Å². The molecule has 164 valence electrons. The minimum Gasteiger partial charge on any atom is -0.497 e. The van der Waals surface area contributed by atoms with Crippen molar-refractivity contribution >= 4 is 29.1 Å². The zero-order valence-corrected chi connectivity index (χ0v) is 18.3. The lowest BCUT2D eigenvalue weighted by atomic mass is 10.1. The number of ether oxygens (including phenoxy) is 1. The molecule has 1 atom stereocenters. The summed E-state index contributed by atoms with van der Waals surface area (Å²) in [7, 11) is 3.24. The topological polar surface area (TPSA) is 79.0 Å². The molecule has 1 heterocycles. The smallest absolute Gasteiger partial charge is 0.251 e. The molecule has 0 aromatic heterocycles. The molecule has 2 aromatic rings. The highest BCUT2D eigenvalue weighted by molar-refractivity contribution is 6.22. The highest BCUT2D eigenvalue weighted by Crippen LogP contribution is 2.26. The van der Waals surface area contributed by atoms with E-state index in [4.69, 9.17) is 4.74 Å². The minimum absolute atomic E-state index is 0.00923. The zero-order chi connectivity index (χ0) is 22.4. The standard InChI is InChI=1S/C24H29N3O4/c1-4-5-7-17-10-12-19(13-11-17)27-23(29)15-21(24(27)30)26(2)16-22(28)25-18-8-6-9-20(14-18)31-3/h6,8-14,21H,4-5,7,15-16H2,1-3H3,(H,25,28)/t21-/m1/s1. The van der Waals surface area contributed by atoms with E-state index in [0.717, 1.165) is 19.3 Å². The summed E-state index contributed by atoms with van der Waals surface area (Å²) in [6.07, 6.45) is 3.25. The van der Waals surface area contributed by atoms with Crippen LogP contribution in [0, 0.1) is 0 Å². The predicted molar refractivity (Wildman–Crippen MR) is 120 cm³/mol. The van der Waals surface area contributed by atoms with Crippen molar-refractivity contribution in [3.63, 3.8) is 0 Å². The Morgan fingerprint density at radius 2 is 1.94 bits per heavy atom. The lowest BCUT2D eigenvalue weighted by Gasteiger charge is -2.22. The summed E-state index contributed by atoms with van der Waals surface area (Å²) in [6.45, 7) is 2.13. The minimum atomic E-state index is -0.664. The van der Waals surface area contributed by atoms with Gasteiger partial charge in [-0.2, -0.15) is 0 Å². The number of anilines is 2. The second-order valence-electron chi connectivity index (χ2n) is 7.75. The van der Waals surface area contributed by atoms with Crippen molar-refractivity contribution in [1.29, 1.82) is 0 Å². The first-order valence-corrected chi connectivity index (χ1v) is 10.5. The average molecular weight is 424 g/mol.